The molecule has 0 fully saturated rings. The lowest BCUT2D eigenvalue weighted by atomic mass is 10.0. The van der Waals surface area contributed by atoms with Crippen LogP contribution in [-0.2, 0) is 22.5 Å². The normalized spacial score (nSPS) is 14.3. The number of aromatic nitrogens is 2. The van der Waals surface area contributed by atoms with Crippen LogP contribution < -0.4 is 16.4 Å². The lowest BCUT2D eigenvalue weighted by Gasteiger charge is -2.19. The highest BCUT2D eigenvalue weighted by Crippen LogP contribution is 2.24. The molecule has 4 N–H and O–H groups in total. The first-order chi connectivity index (χ1) is 10.8. The second-order valence-electron chi connectivity index (χ2n) is 5.69. The highest BCUT2D eigenvalue weighted by molar-refractivity contribution is 5.99. The summed E-state index contributed by atoms with van der Waals surface area (Å²) >= 11 is 0. The minimum atomic E-state index is -0.814. The number of urea groups is 1. The van der Waals surface area contributed by atoms with Gasteiger partial charge in [-0.2, -0.15) is 0 Å². The Balaban J connectivity index is 2.18. The zero-order valence-corrected chi connectivity index (χ0v) is 13.4. The number of rotatable bonds is 5. The first-order valence-corrected chi connectivity index (χ1v) is 7.39. The van der Waals surface area contributed by atoms with E-state index in [4.69, 9.17) is 10.5 Å². The number of carbonyl (C=O) groups excluding carboxylic acids is 3. The summed E-state index contributed by atoms with van der Waals surface area (Å²) in [4.78, 5) is 39.7. The Bertz CT molecular complexity index is 637. The molecule has 3 amide bonds. The minimum Gasteiger partial charge on any atom is -0.464 e. The number of ether oxygens (including phenoxy) is 1. The fraction of sp³-hybridized carbons (Fsp3) is 0.571. The smallest absolute Gasteiger partial charge is 0.358 e. The number of nitrogens with zero attached hydrogens (tertiary/aromatic N) is 2. The number of anilines is 1. The van der Waals surface area contributed by atoms with Crippen molar-refractivity contribution in [2.45, 2.75) is 39.3 Å². The van der Waals surface area contributed by atoms with E-state index < -0.39 is 23.9 Å². The maximum absolute atomic E-state index is 12.1. The molecule has 23 heavy (non-hydrogen) atoms. The van der Waals surface area contributed by atoms with E-state index in [0.29, 0.717) is 6.54 Å². The molecule has 1 aliphatic rings. The van der Waals surface area contributed by atoms with Crippen LogP contribution in [0.25, 0.3) is 0 Å². The SMILES string of the molecule is COC(=O)c1c(NC(=O)NC(C(N)=O)C(C)C)nc2n1CCC2. The van der Waals surface area contributed by atoms with Crippen LogP contribution >= 0.6 is 0 Å². The van der Waals surface area contributed by atoms with Crippen LogP contribution in [-0.4, -0.2) is 40.6 Å². The quantitative estimate of drug-likeness (QED) is 0.669. The number of nitrogens with one attached hydrogen (secondary N) is 2. The van der Waals surface area contributed by atoms with Gasteiger partial charge in [0, 0.05) is 13.0 Å². The Morgan fingerprint density at radius 1 is 1.35 bits per heavy atom. The van der Waals surface area contributed by atoms with Gasteiger partial charge in [-0.3, -0.25) is 10.1 Å². The molecule has 2 heterocycles. The van der Waals surface area contributed by atoms with Gasteiger partial charge in [0.25, 0.3) is 0 Å². The molecule has 9 nitrogen and oxygen atoms in total. The number of aryl methyl sites for hydroxylation is 1. The van der Waals surface area contributed by atoms with Crippen molar-refractivity contribution >= 4 is 23.7 Å². The summed E-state index contributed by atoms with van der Waals surface area (Å²) in [6, 6.07) is -1.46. The molecule has 1 aliphatic heterocycles. The lowest BCUT2D eigenvalue weighted by molar-refractivity contribution is -0.120. The highest BCUT2D eigenvalue weighted by Gasteiger charge is 2.28. The Kier molecular flexibility index (Phi) is 4.87. The van der Waals surface area contributed by atoms with Gasteiger partial charge in [0.1, 0.15) is 11.9 Å². The van der Waals surface area contributed by atoms with E-state index in [-0.39, 0.29) is 17.4 Å². The van der Waals surface area contributed by atoms with Crippen molar-refractivity contribution < 1.29 is 19.1 Å². The molecule has 1 atom stereocenters. The Morgan fingerprint density at radius 2 is 2.04 bits per heavy atom. The fourth-order valence-electron chi connectivity index (χ4n) is 2.57. The molecule has 0 saturated carbocycles. The Morgan fingerprint density at radius 3 is 2.61 bits per heavy atom. The van der Waals surface area contributed by atoms with Gasteiger partial charge in [-0.1, -0.05) is 13.8 Å². The van der Waals surface area contributed by atoms with E-state index in [0.717, 1.165) is 18.7 Å². The third-order valence-corrected chi connectivity index (χ3v) is 3.70. The maximum atomic E-state index is 12.1. The molecule has 0 spiro atoms. The van der Waals surface area contributed by atoms with Gasteiger partial charge >= 0.3 is 12.0 Å². The summed E-state index contributed by atoms with van der Waals surface area (Å²) in [6.07, 6.45) is 1.61. The lowest BCUT2D eigenvalue weighted by Crippen LogP contribution is -2.49. The van der Waals surface area contributed by atoms with Crippen LogP contribution in [0.3, 0.4) is 0 Å². The fourth-order valence-corrected chi connectivity index (χ4v) is 2.57. The summed E-state index contributed by atoms with van der Waals surface area (Å²) in [5.41, 5.74) is 5.47. The number of carbonyl (C=O) groups is 3. The van der Waals surface area contributed by atoms with Crippen molar-refractivity contribution in [3.63, 3.8) is 0 Å². The summed E-state index contributed by atoms with van der Waals surface area (Å²) in [6.45, 7) is 4.17. The van der Waals surface area contributed by atoms with Crippen LogP contribution in [0.1, 0.15) is 36.6 Å². The summed E-state index contributed by atoms with van der Waals surface area (Å²) in [7, 11) is 1.27. The molecular formula is C14H21N5O4. The van der Waals surface area contributed by atoms with Crippen molar-refractivity contribution in [2.24, 2.45) is 11.7 Å². The van der Waals surface area contributed by atoms with Gasteiger partial charge < -0.3 is 20.4 Å². The molecule has 9 heteroatoms. The third-order valence-electron chi connectivity index (χ3n) is 3.70. The summed E-state index contributed by atoms with van der Waals surface area (Å²) < 4.78 is 6.49. The predicted octanol–water partition coefficient (Wildman–Crippen LogP) is 0.247. The van der Waals surface area contributed by atoms with Crippen molar-refractivity contribution in [1.82, 2.24) is 14.9 Å². The molecule has 0 radical (unpaired) electrons. The Hall–Kier alpha value is -2.58. The van der Waals surface area contributed by atoms with Gasteiger partial charge in [0.15, 0.2) is 11.5 Å². The third kappa shape index (κ3) is 3.43. The molecule has 0 bridgehead atoms. The van der Waals surface area contributed by atoms with Gasteiger partial charge in [-0.25, -0.2) is 14.6 Å². The van der Waals surface area contributed by atoms with E-state index in [1.165, 1.54) is 7.11 Å². The largest absolute Gasteiger partial charge is 0.464 e. The number of hydrogen-bond donors (Lipinski definition) is 3. The topological polar surface area (TPSA) is 128 Å². The van der Waals surface area contributed by atoms with Gasteiger partial charge in [0.05, 0.1) is 7.11 Å². The standard InChI is InChI=1S/C14H21N5O4/c1-7(2)9(11(15)20)17-14(22)18-12-10(13(21)23-3)19-6-4-5-8(19)16-12/h7,9H,4-6H2,1-3H3,(H2,15,20)(H2,17,18,22). The second-order valence-corrected chi connectivity index (χ2v) is 5.69. The van der Waals surface area contributed by atoms with Gasteiger partial charge in [0.2, 0.25) is 5.91 Å². The van der Waals surface area contributed by atoms with Gasteiger partial charge in [-0.05, 0) is 12.3 Å². The number of methoxy groups -OCH3 is 1. The molecule has 0 saturated heterocycles. The zero-order valence-electron chi connectivity index (χ0n) is 13.4. The molecule has 0 aromatic carbocycles. The van der Waals surface area contributed by atoms with Crippen molar-refractivity contribution in [1.29, 1.82) is 0 Å². The molecule has 2 rings (SSSR count). The Labute approximate surface area is 133 Å². The number of esters is 1. The van der Waals surface area contributed by atoms with Crippen LogP contribution in [0.4, 0.5) is 10.6 Å². The predicted molar refractivity (Wildman–Crippen MR) is 81.9 cm³/mol. The number of nitrogens with two attached hydrogens (primary N) is 1. The maximum Gasteiger partial charge on any atom is 0.358 e. The van der Waals surface area contributed by atoms with Crippen molar-refractivity contribution in [2.75, 3.05) is 12.4 Å². The molecular weight excluding hydrogens is 302 g/mol. The molecule has 1 aromatic heterocycles. The number of fused-ring (bicyclic) bond motifs is 1. The van der Waals surface area contributed by atoms with E-state index in [1.807, 2.05) is 0 Å². The first kappa shape index (κ1) is 16.8. The first-order valence-electron chi connectivity index (χ1n) is 7.39. The van der Waals surface area contributed by atoms with E-state index in [1.54, 1.807) is 18.4 Å². The van der Waals surface area contributed by atoms with Crippen LogP contribution in [0.2, 0.25) is 0 Å². The van der Waals surface area contributed by atoms with Crippen molar-refractivity contribution in [3.05, 3.63) is 11.5 Å². The minimum absolute atomic E-state index is 0.121. The number of imidazole rings is 1. The molecule has 1 unspecified atom stereocenters. The summed E-state index contributed by atoms with van der Waals surface area (Å²) in [5, 5.41) is 4.99. The average molecular weight is 323 g/mol. The number of primary amides is 1. The average Bonchev–Trinajstić information content (AvgIpc) is 3.03. The van der Waals surface area contributed by atoms with Crippen molar-refractivity contribution in [3.8, 4) is 0 Å². The molecule has 1 aromatic rings. The zero-order chi connectivity index (χ0) is 17.1. The number of amides is 3. The second kappa shape index (κ2) is 6.67. The summed E-state index contributed by atoms with van der Waals surface area (Å²) in [5.74, 6) is -0.524. The van der Waals surface area contributed by atoms with Crippen LogP contribution in [0.5, 0.6) is 0 Å². The number of hydrogen-bond acceptors (Lipinski definition) is 5. The van der Waals surface area contributed by atoms with E-state index in [9.17, 15) is 14.4 Å². The highest BCUT2D eigenvalue weighted by atomic mass is 16.5. The monoisotopic (exact) mass is 323 g/mol. The van der Waals surface area contributed by atoms with Crippen LogP contribution in [0.15, 0.2) is 0 Å². The van der Waals surface area contributed by atoms with Crippen LogP contribution in [0, 0.1) is 5.92 Å². The molecule has 126 valence electrons. The van der Waals surface area contributed by atoms with Gasteiger partial charge in [-0.15, -0.1) is 0 Å². The molecule has 0 aliphatic carbocycles. The van der Waals surface area contributed by atoms with E-state index in [2.05, 4.69) is 15.6 Å². The van der Waals surface area contributed by atoms with E-state index >= 15 is 0 Å².